The van der Waals surface area contributed by atoms with Crippen LogP contribution in [-0.2, 0) is 9.53 Å². The van der Waals surface area contributed by atoms with Crippen LogP contribution in [0.3, 0.4) is 0 Å². The topological polar surface area (TPSA) is 52.6 Å². The van der Waals surface area contributed by atoms with E-state index in [0.717, 1.165) is 49.0 Å². The molecule has 4 heteroatoms. The number of hydrogen-bond acceptors (Lipinski definition) is 4. The van der Waals surface area contributed by atoms with Crippen molar-refractivity contribution in [2.24, 2.45) is 17.3 Å². The molecule has 2 unspecified atom stereocenters. The van der Waals surface area contributed by atoms with Crippen molar-refractivity contribution < 1.29 is 19.1 Å². The van der Waals surface area contributed by atoms with Gasteiger partial charge in [0, 0.05) is 24.3 Å². The molecular weight excluding hydrogens is 352 g/mol. The Kier molecular flexibility index (Phi) is 5.01. The number of carbonyl (C=O) groups excluding carboxylic acids is 2. The second-order valence-corrected chi connectivity index (χ2v) is 9.20. The van der Waals surface area contributed by atoms with Crippen LogP contribution >= 0.6 is 0 Å². The van der Waals surface area contributed by atoms with Crippen molar-refractivity contribution in [2.45, 2.75) is 78.2 Å². The van der Waals surface area contributed by atoms with Crippen molar-refractivity contribution in [3.8, 4) is 5.75 Å². The number of hydrogen-bond donors (Lipinski definition) is 0. The Labute approximate surface area is 168 Å². The van der Waals surface area contributed by atoms with Gasteiger partial charge in [-0.05, 0) is 87.0 Å². The molecule has 0 aliphatic heterocycles. The maximum atomic E-state index is 12.9. The van der Waals surface area contributed by atoms with Crippen LogP contribution < -0.4 is 4.74 Å². The highest BCUT2D eigenvalue weighted by molar-refractivity contribution is 5.98. The summed E-state index contributed by atoms with van der Waals surface area (Å²) in [5.41, 5.74) is 3.18. The number of Topliss-reactive ketones (excluding diaryl/α,β-unsaturated/α-hetero) is 1. The van der Waals surface area contributed by atoms with Gasteiger partial charge < -0.3 is 9.47 Å². The fourth-order valence-corrected chi connectivity index (χ4v) is 6.42. The van der Waals surface area contributed by atoms with Gasteiger partial charge >= 0.3 is 5.97 Å². The Morgan fingerprint density at radius 3 is 2.71 bits per heavy atom. The van der Waals surface area contributed by atoms with Crippen molar-refractivity contribution in [3.05, 3.63) is 28.8 Å². The summed E-state index contributed by atoms with van der Waals surface area (Å²) >= 11 is 0. The molecule has 28 heavy (non-hydrogen) atoms. The highest BCUT2D eigenvalue weighted by Gasteiger charge is 2.56. The predicted molar refractivity (Wildman–Crippen MR) is 108 cm³/mol. The molecule has 0 heterocycles. The quantitative estimate of drug-likeness (QED) is 0.671. The molecule has 5 atom stereocenters. The third kappa shape index (κ3) is 3.05. The van der Waals surface area contributed by atoms with Crippen LogP contribution in [0.1, 0.15) is 86.7 Å². The minimum atomic E-state index is -0.174. The number of fused-ring (bicyclic) bond motifs is 5. The molecule has 0 aromatic heterocycles. The van der Waals surface area contributed by atoms with Crippen molar-refractivity contribution in [3.63, 3.8) is 0 Å². The van der Waals surface area contributed by atoms with E-state index in [1.807, 2.05) is 13.8 Å². The fourth-order valence-electron chi connectivity index (χ4n) is 6.42. The molecule has 152 valence electrons. The summed E-state index contributed by atoms with van der Waals surface area (Å²) in [7, 11) is 0. The molecule has 2 fully saturated rings. The lowest BCUT2D eigenvalue weighted by molar-refractivity contribution is -0.154. The Hall–Kier alpha value is -1.84. The molecule has 0 spiro atoms. The first kappa shape index (κ1) is 19.5. The average molecular weight is 385 g/mol. The second-order valence-electron chi connectivity index (χ2n) is 9.20. The van der Waals surface area contributed by atoms with E-state index in [1.54, 1.807) is 0 Å². The first-order valence-corrected chi connectivity index (χ1v) is 10.8. The van der Waals surface area contributed by atoms with E-state index >= 15 is 0 Å². The third-order valence-corrected chi connectivity index (χ3v) is 7.71. The Morgan fingerprint density at radius 2 is 2.00 bits per heavy atom. The SMILES string of the molecule is CCOc1cc2c(cc1C)C(=O)CCC1C2CC[C@]2(C)[C@@H](OC(C)=O)CC[C@@H]12. The maximum Gasteiger partial charge on any atom is 0.302 e. The Balaban J connectivity index is 1.71. The molecule has 1 aromatic rings. The van der Waals surface area contributed by atoms with Crippen molar-refractivity contribution in [1.29, 1.82) is 0 Å². The zero-order valence-corrected chi connectivity index (χ0v) is 17.5. The van der Waals surface area contributed by atoms with Crippen LogP contribution in [0.25, 0.3) is 0 Å². The highest BCUT2D eigenvalue weighted by Crippen LogP contribution is 2.61. The average Bonchev–Trinajstić information content (AvgIpc) is 2.90. The number of rotatable bonds is 3. The number of benzene rings is 1. The van der Waals surface area contributed by atoms with Gasteiger partial charge in [0.15, 0.2) is 5.78 Å². The van der Waals surface area contributed by atoms with Crippen LogP contribution in [0.5, 0.6) is 5.75 Å². The number of carbonyl (C=O) groups is 2. The lowest BCUT2D eigenvalue weighted by atomic mass is 9.58. The third-order valence-electron chi connectivity index (χ3n) is 7.71. The first-order valence-electron chi connectivity index (χ1n) is 10.8. The largest absolute Gasteiger partial charge is 0.494 e. The summed E-state index contributed by atoms with van der Waals surface area (Å²) < 4.78 is 11.6. The molecule has 2 saturated carbocycles. The number of esters is 1. The lowest BCUT2D eigenvalue weighted by Gasteiger charge is -2.48. The smallest absolute Gasteiger partial charge is 0.302 e. The van der Waals surface area contributed by atoms with Crippen LogP contribution in [0.4, 0.5) is 0 Å². The maximum absolute atomic E-state index is 12.9. The summed E-state index contributed by atoms with van der Waals surface area (Å²) in [6.45, 7) is 8.48. The predicted octanol–water partition coefficient (Wildman–Crippen LogP) is 5.21. The Bertz CT molecular complexity index is 798. The van der Waals surface area contributed by atoms with Gasteiger partial charge in [-0.25, -0.2) is 0 Å². The van der Waals surface area contributed by atoms with Crippen LogP contribution in [-0.4, -0.2) is 24.5 Å². The van der Waals surface area contributed by atoms with E-state index in [9.17, 15) is 9.59 Å². The molecule has 4 nitrogen and oxygen atoms in total. The van der Waals surface area contributed by atoms with Crippen molar-refractivity contribution >= 4 is 11.8 Å². The monoisotopic (exact) mass is 384 g/mol. The van der Waals surface area contributed by atoms with Gasteiger partial charge in [-0.2, -0.15) is 0 Å². The molecule has 0 bridgehead atoms. The standard InChI is InChI=1S/C24H32O4/c1-5-27-22-13-18-16-10-11-24(4)20(7-9-23(24)28-15(3)25)17(16)6-8-21(26)19(18)12-14(22)2/h12-13,16-17,20,23H,5-11H2,1-4H3/t16?,17?,20-,23-,24-/m0/s1. The Morgan fingerprint density at radius 1 is 1.21 bits per heavy atom. The normalized spacial score (nSPS) is 34.1. The minimum absolute atomic E-state index is 0.0198. The summed E-state index contributed by atoms with van der Waals surface area (Å²) in [5, 5.41) is 0. The fraction of sp³-hybridized carbons (Fsp3) is 0.667. The second kappa shape index (κ2) is 7.20. The zero-order valence-electron chi connectivity index (χ0n) is 17.5. The summed E-state index contributed by atoms with van der Waals surface area (Å²) in [4.78, 5) is 24.6. The first-order chi connectivity index (χ1) is 13.3. The molecule has 4 rings (SSSR count). The number of ether oxygens (including phenoxy) is 2. The van der Waals surface area contributed by atoms with Crippen molar-refractivity contribution in [1.82, 2.24) is 0 Å². The van der Waals surface area contributed by atoms with Crippen LogP contribution in [0, 0.1) is 24.2 Å². The summed E-state index contributed by atoms with van der Waals surface area (Å²) in [6.07, 6.45) is 5.70. The van der Waals surface area contributed by atoms with Gasteiger partial charge in [-0.3, -0.25) is 9.59 Å². The van der Waals surface area contributed by atoms with Crippen LogP contribution in [0.15, 0.2) is 12.1 Å². The molecule has 0 N–H and O–H groups in total. The van der Waals surface area contributed by atoms with Gasteiger partial charge in [-0.1, -0.05) is 6.92 Å². The highest BCUT2D eigenvalue weighted by atomic mass is 16.5. The minimum Gasteiger partial charge on any atom is -0.494 e. The van der Waals surface area contributed by atoms with Gasteiger partial charge in [-0.15, -0.1) is 0 Å². The zero-order chi connectivity index (χ0) is 20.1. The van der Waals surface area contributed by atoms with Gasteiger partial charge in [0.1, 0.15) is 11.9 Å². The lowest BCUT2D eigenvalue weighted by Crippen LogP contribution is -2.43. The van der Waals surface area contributed by atoms with E-state index < -0.39 is 0 Å². The van der Waals surface area contributed by atoms with Gasteiger partial charge in [0.05, 0.1) is 6.61 Å². The molecule has 3 aliphatic rings. The number of ketones is 1. The van der Waals surface area contributed by atoms with Crippen molar-refractivity contribution in [2.75, 3.05) is 6.61 Å². The molecule has 0 saturated heterocycles. The molecule has 1 aromatic carbocycles. The van der Waals surface area contributed by atoms with E-state index in [-0.39, 0.29) is 23.3 Å². The molecular formula is C24H32O4. The molecule has 0 radical (unpaired) electrons. The summed E-state index contributed by atoms with van der Waals surface area (Å²) in [6, 6.07) is 4.20. The number of aryl methyl sites for hydroxylation is 1. The molecule has 0 amide bonds. The van der Waals surface area contributed by atoms with Gasteiger partial charge in [0.25, 0.3) is 0 Å². The van der Waals surface area contributed by atoms with E-state index in [2.05, 4.69) is 19.1 Å². The van der Waals surface area contributed by atoms with E-state index in [4.69, 9.17) is 9.47 Å². The summed E-state index contributed by atoms with van der Waals surface area (Å²) in [5.74, 6) is 2.38. The molecule has 3 aliphatic carbocycles. The van der Waals surface area contributed by atoms with E-state index in [1.165, 1.54) is 12.5 Å². The van der Waals surface area contributed by atoms with Crippen LogP contribution in [0.2, 0.25) is 0 Å². The van der Waals surface area contributed by atoms with E-state index in [0.29, 0.717) is 30.8 Å². The van der Waals surface area contributed by atoms with Gasteiger partial charge in [0.2, 0.25) is 0 Å².